The number of carbonyl (C=O) groups is 1. The Labute approximate surface area is 143 Å². The first-order chi connectivity index (χ1) is 11.4. The van der Waals surface area contributed by atoms with E-state index in [0.29, 0.717) is 18.8 Å². The molecule has 0 heterocycles. The summed E-state index contributed by atoms with van der Waals surface area (Å²) in [5.41, 5.74) is 0.708. The SMILES string of the molecule is CC(C)(C)NC(=O)COc1ccc2ccccc2c1CNCCO. The molecule has 2 rings (SSSR count). The van der Waals surface area contributed by atoms with Gasteiger partial charge in [-0.05, 0) is 37.6 Å². The van der Waals surface area contributed by atoms with Gasteiger partial charge in [0, 0.05) is 24.2 Å². The molecule has 0 atom stereocenters. The smallest absolute Gasteiger partial charge is 0.258 e. The molecule has 5 heteroatoms. The van der Waals surface area contributed by atoms with E-state index in [4.69, 9.17) is 9.84 Å². The van der Waals surface area contributed by atoms with Crippen molar-refractivity contribution in [2.24, 2.45) is 0 Å². The Balaban J connectivity index is 2.18. The molecule has 0 saturated heterocycles. The molecule has 0 aliphatic heterocycles. The zero-order valence-electron chi connectivity index (χ0n) is 14.6. The van der Waals surface area contributed by atoms with Crippen molar-refractivity contribution in [1.82, 2.24) is 10.6 Å². The second-order valence-electron chi connectivity index (χ2n) is 6.75. The number of benzene rings is 2. The maximum atomic E-state index is 12.0. The van der Waals surface area contributed by atoms with Crippen LogP contribution in [0, 0.1) is 0 Å². The zero-order chi connectivity index (χ0) is 17.6. The highest BCUT2D eigenvalue weighted by atomic mass is 16.5. The maximum absolute atomic E-state index is 12.0. The predicted molar refractivity (Wildman–Crippen MR) is 96.1 cm³/mol. The van der Waals surface area contributed by atoms with Crippen LogP contribution in [0.1, 0.15) is 26.3 Å². The molecule has 2 aromatic carbocycles. The van der Waals surface area contributed by atoms with E-state index in [2.05, 4.69) is 10.6 Å². The molecule has 0 aromatic heterocycles. The molecule has 130 valence electrons. The number of hydrogen-bond donors (Lipinski definition) is 3. The second kappa shape index (κ2) is 8.13. The standard InChI is InChI=1S/C19H26N2O3/c1-19(2,3)21-18(23)13-24-17-9-8-14-6-4-5-7-15(14)16(17)12-20-10-11-22/h4-9,20,22H,10-13H2,1-3H3,(H,21,23). The highest BCUT2D eigenvalue weighted by Crippen LogP contribution is 2.28. The topological polar surface area (TPSA) is 70.6 Å². The van der Waals surface area contributed by atoms with Crippen molar-refractivity contribution in [3.8, 4) is 5.75 Å². The van der Waals surface area contributed by atoms with Crippen molar-refractivity contribution in [2.75, 3.05) is 19.8 Å². The second-order valence-corrected chi connectivity index (χ2v) is 6.75. The minimum Gasteiger partial charge on any atom is -0.483 e. The molecule has 24 heavy (non-hydrogen) atoms. The van der Waals surface area contributed by atoms with Crippen LogP contribution in [-0.2, 0) is 11.3 Å². The molecular formula is C19H26N2O3. The molecule has 0 radical (unpaired) electrons. The molecule has 0 unspecified atom stereocenters. The number of amides is 1. The summed E-state index contributed by atoms with van der Waals surface area (Å²) in [6, 6.07) is 11.9. The van der Waals surface area contributed by atoms with Gasteiger partial charge in [-0.2, -0.15) is 0 Å². The number of nitrogens with one attached hydrogen (secondary N) is 2. The Bertz CT molecular complexity index is 693. The molecule has 0 aliphatic rings. The lowest BCUT2D eigenvalue weighted by Gasteiger charge is -2.21. The third-order valence-corrected chi connectivity index (χ3v) is 3.46. The van der Waals surface area contributed by atoms with Gasteiger partial charge >= 0.3 is 0 Å². The fourth-order valence-corrected chi connectivity index (χ4v) is 2.52. The summed E-state index contributed by atoms with van der Waals surface area (Å²) in [5.74, 6) is 0.535. The van der Waals surface area contributed by atoms with Crippen molar-refractivity contribution in [3.63, 3.8) is 0 Å². The van der Waals surface area contributed by atoms with E-state index >= 15 is 0 Å². The summed E-state index contributed by atoms with van der Waals surface area (Å²) >= 11 is 0. The first-order valence-electron chi connectivity index (χ1n) is 8.17. The van der Waals surface area contributed by atoms with Crippen LogP contribution >= 0.6 is 0 Å². The van der Waals surface area contributed by atoms with Gasteiger partial charge in [-0.3, -0.25) is 4.79 Å². The van der Waals surface area contributed by atoms with Gasteiger partial charge in [0.15, 0.2) is 6.61 Å². The van der Waals surface area contributed by atoms with Gasteiger partial charge in [0.25, 0.3) is 5.91 Å². The summed E-state index contributed by atoms with van der Waals surface area (Å²) in [6.07, 6.45) is 0. The zero-order valence-corrected chi connectivity index (χ0v) is 14.6. The summed E-state index contributed by atoms with van der Waals surface area (Å²) in [7, 11) is 0. The van der Waals surface area contributed by atoms with Gasteiger partial charge in [0.2, 0.25) is 0 Å². The predicted octanol–water partition coefficient (Wildman–Crippen LogP) is 2.22. The van der Waals surface area contributed by atoms with E-state index in [0.717, 1.165) is 16.3 Å². The van der Waals surface area contributed by atoms with E-state index in [1.807, 2.05) is 57.2 Å². The lowest BCUT2D eigenvalue weighted by atomic mass is 10.0. The van der Waals surface area contributed by atoms with Crippen molar-refractivity contribution < 1.29 is 14.6 Å². The van der Waals surface area contributed by atoms with E-state index < -0.39 is 0 Å². The monoisotopic (exact) mass is 330 g/mol. The lowest BCUT2D eigenvalue weighted by molar-refractivity contribution is -0.124. The lowest BCUT2D eigenvalue weighted by Crippen LogP contribution is -2.43. The van der Waals surface area contributed by atoms with Crippen LogP contribution in [0.5, 0.6) is 5.75 Å². The fourth-order valence-electron chi connectivity index (χ4n) is 2.52. The average Bonchev–Trinajstić information content (AvgIpc) is 2.52. The minimum absolute atomic E-state index is 0.0252. The summed E-state index contributed by atoms with van der Waals surface area (Å²) in [6.45, 7) is 6.93. The summed E-state index contributed by atoms with van der Waals surface area (Å²) < 4.78 is 5.77. The van der Waals surface area contributed by atoms with Crippen molar-refractivity contribution in [2.45, 2.75) is 32.9 Å². The van der Waals surface area contributed by atoms with Gasteiger partial charge in [-0.25, -0.2) is 0 Å². The van der Waals surface area contributed by atoms with E-state index in [1.54, 1.807) is 0 Å². The molecule has 5 nitrogen and oxygen atoms in total. The number of carbonyl (C=O) groups excluding carboxylic acids is 1. The molecule has 2 aromatic rings. The van der Waals surface area contributed by atoms with Crippen LogP contribution in [0.4, 0.5) is 0 Å². The molecule has 0 bridgehead atoms. The molecule has 0 saturated carbocycles. The van der Waals surface area contributed by atoms with Crippen molar-refractivity contribution >= 4 is 16.7 Å². The highest BCUT2D eigenvalue weighted by molar-refractivity contribution is 5.88. The van der Waals surface area contributed by atoms with Gasteiger partial charge < -0.3 is 20.5 Å². The number of fused-ring (bicyclic) bond motifs is 1. The number of ether oxygens (including phenoxy) is 1. The Hall–Kier alpha value is -2.11. The highest BCUT2D eigenvalue weighted by Gasteiger charge is 2.15. The van der Waals surface area contributed by atoms with Gasteiger partial charge in [-0.1, -0.05) is 30.3 Å². The third kappa shape index (κ3) is 5.22. The number of rotatable bonds is 7. The Morgan fingerprint density at radius 1 is 1.17 bits per heavy atom. The molecule has 0 spiro atoms. The van der Waals surface area contributed by atoms with Crippen molar-refractivity contribution in [1.29, 1.82) is 0 Å². The molecule has 0 fully saturated rings. The van der Waals surface area contributed by atoms with Crippen LogP contribution in [0.15, 0.2) is 36.4 Å². The van der Waals surface area contributed by atoms with Crippen LogP contribution in [0.3, 0.4) is 0 Å². The Kier molecular flexibility index (Phi) is 6.17. The first-order valence-corrected chi connectivity index (χ1v) is 8.17. The molecular weight excluding hydrogens is 304 g/mol. The number of aliphatic hydroxyl groups is 1. The van der Waals surface area contributed by atoms with E-state index in [9.17, 15) is 4.79 Å². The summed E-state index contributed by atoms with van der Waals surface area (Å²) in [5, 5.41) is 17.2. The maximum Gasteiger partial charge on any atom is 0.258 e. The average molecular weight is 330 g/mol. The van der Waals surface area contributed by atoms with Crippen LogP contribution in [-0.4, -0.2) is 36.3 Å². The number of hydrogen-bond acceptors (Lipinski definition) is 4. The first kappa shape index (κ1) is 18.2. The van der Waals surface area contributed by atoms with Crippen LogP contribution < -0.4 is 15.4 Å². The summed E-state index contributed by atoms with van der Waals surface area (Å²) in [4.78, 5) is 12.0. The Morgan fingerprint density at radius 3 is 2.62 bits per heavy atom. The molecule has 1 amide bonds. The molecule has 0 aliphatic carbocycles. The fraction of sp³-hybridized carbons (Fsp3) is 0.421. The largest absolute Gasteiger partial charge is 0.483 e. The van der Waals surface area contributed by atoms with Gasteiger partial charge in [0.05, 0.1) is 6.61 Å². The quantitative estimate of drug-likeness (QED) is 0.681. The molecule has 3 N–H and O–H groups in total. The Morgan fingerprint density at radius 2 is 1.92 bits per heavy atom. The third-order valence-electron chi connectivity index (χ3n) is 3.46. The minimum atomic E-state index is -0.282. The van der Waals surface area contributed by atoms with Gasteiger partial charge in [0.1, 0.15) is 5.75 Å². The van der Waals surface area contributed by atoms with E-state index in [1.165, 1.54) is 0 Å². The normalized spacial score (nSPS) is 11.5. The van der Waals surface area contributed by atoms with E-state index in [-0.39, 0.29) is 24.7 Å². The number of aliphatic hydroxyl groups excluding tert-OH is 1. The van der Waals surface area contributed by atoms with Gasteiger partial charge in [-0.15, -0.1) is 0 Å². The van der Waals surface area contributed by atoms with Crippen molar-refractivity contribution in [3.05, 3.63) is 42.0 Å². The van der Waals surface area contributed by atoms with Crippen LogP contribution in [0.2, 0.25) is 0 Å². The van der Waals surface area contributed by atoms with Crippen LogP contribution in [0.25, 0.3) is 10.8 Å².